The molecule has 0 aromatic heterocycles. The van der Waals surface area contributed by atoms with Gasteiger partial charge in [-0.15, -0.1) is 0 Å². The van der Waals surface area contributed by atoms with Crippen LogP contribution in [0.5, 0.6) is 0 Å². The molecule has 1 fully saturated rings. The summed E-state index contributed by atoms with van der Waals surface area (Å²) in [7, 11) is 0. The van der Waals surface area contributed by atoms with Crippen molar-refractivity contribution < 1.29 is 19.4 Å². The maximum Gasteiger partial charge on any atom is 0.315 e. The van der Waals surface area contributed by atoms with Crippen LogP contribution in [0.15, 0.2) is 0 Å². The summed E-state index contributed by atoms with van der Waals surface area (Å²) >= 11 is 0. The highest BCUT2D eigenvalue weighted by molar-refractivity contribution is 5.76. The molecule has 2 unspecified atom stereocenters. The van der Waals surface area contributed by atoms with Crippen molar-refractivity contribution in [3.05, 3.63) is 0 Å². The quantitative estimate of drug-likeness (QED) is 0.594. The molecule has 1 aliphatic rings. The lowest BCUT2D eigenvalue weighted by Crippen LogP contribution is -2.45. The van der Waals surface area contributed by atoms with E-state index in [1.54, 1.807) is 0 Å². The third-order valence-corrected chi connectivity index (χ3v) is 3.10. The average Bonchev–Trinajstić information content (AvgIpc) is 2.77. The van der Waals surface area contributed by atoms with E-state index in [2.05, 4.69) is 10.6 Å². The molecule has 2 amide bonds. The van der Waals surface area contributed by atoms with Crippen LogP contribution in [0.4, 0.5) is 4.79 Å². The predicted molar refractivity (Wildman–Crippen MR) is 66.4 cm³/mol. The van der Waals surface area contributed by atoms with Crippen LogP contribution < -0.4 is 10.6 Å². The van der Waals surface area contributed by atoms with Crippen molar-refractivity contribution in [1.29, 1.82) is 0 Å². The number of carboxylic acids is 1. The standard InChI is InChI=1S/C12H22N2O4/c1-2-18-8-4-7-13-12(17)14-10-6-3-5-9(10)11(15)16/h9-10H,2-8H2,1H3,(H,15,16)(H2,13,14,17). The summed E-state index contributed by atoms with van der Waals surface area (Å²) in [6.45, 7) is 3.76. The minimum atomic E-state index is -0.825. The molecule has 0 heterocycles. The first-order valence-electron chi connectivity index (χ1n) is 6.50. The lowest BCUT2D eigenvalue weighted by Gasteiger charge is -2.17. The fourth-order valence-electron chi connectivity index (χ4n) is 2.17. The van der Waals surface area contributed by atoms with E-state index in [1.807, 2.05) is 6.92 Å². The second-order valence-corrected chi connectivity index (χ2v) is 4.43. The van der Waals surface area contributed by atoms with E-state index in [9.17, 15) is 9.59 Å². The molecule has 0 bridgehead atoms. The van der Waals surface area contributed by atoms with Crippen LogP contribution in [0.1, 0.15) is 32.6 Å². The molecule has 6 nitrogen and oxygen atoms in total. The van der Waals surface area contributed by atoms with Crippen molar-refractivity contribution in [2.45, 2.75) is 38.6 Å². The van der Waals surface area contributed by atoms with Gasteiger partial charge in [-0.1, -0.05) is 6.42 Å². The summed E-state index contributed by atoms with van der Waals surface area (Å²) in [6.07, 6.45) is 2.99. The van der Waals surface area contributed by atoms with Gasteiger partial charge in [-0.2, -0.15) is 0 Å². The normalized spacial score (nSPS) is 22.7. The van der Waals surface area contributed by atoms with Gasteiger partial charge in [-0.25, -0.2) is 4.79 Å². The van der Waals surface area contributed by atoms with Gasteiger partial charge in [-0.3, -0.25) is 4.79 Å². The molecular formula is C12H22N2O4. The smallest absolute Gasteiger partial charge is 0.315 e. The van der Waals surface area contributed by atoms with Crippen LogP contribution >= 0.6 is 0 Å². The van der Waals surface area contributed by atoms with Gasteiger partial charge in [0, 0.05) is 25.8 Å². The van der Waals surface area contributed by atoms with Crippen LogP contribution in [-0.2, 0) is 9.53 Å². The predicted octanol–water partition coefficient (Wildman–Crippen LogP) is 0.965. The molecule has 0 radical (unpaired) electrons. The summed E-state index contributed by atoms with van der Waals surface area (Å²) < 4.78 is 5.15. The monoisotopic (exact) mass is 258 g/mol. The summed E-state index contributed by atoms with van der Waals surface area (Å²) in [6, 6.07) is -0.529. The molecule has 0 aromatic carbocycles. The molecule has 2 atom stereocenters. The maximum atomic E-state index is 11.5. The first kappa shape index (κ1) is 14.8. The van der Waals surface area contributed by atoms with Crippen molar-refractivity contribution in [3.63, 3.8) is 0 Å². The molecule has 0 aliphatic heterocycles. The average molecular weight is 258 g/mol. The van der Waals surface area contributed by atoms with Crippen LogP contribution in [0.2, 0.25) is 0 Å². The largest absolute Gasteiger partial charge is 0.481 e. The van der Waals surface area contributed by atoms with E-state index in [0.717, 1.165) is 19.3 Å². The van der Waals surface area contributed by atoms with E-state index in [-0.39, 0.29) is 12.1 Å². The fourth-order valence-corrected chi connectivity index (χ4v) is 2.17. The number of ether oxygens (including phenoxy) is 1. The van der Waals surface area contributed by atoms with Gasteiger partial charge >= 0.3 is 12.0 Å². The van der Waals surface area contributed by atoms with Crippen molar-refractivity contribution in [1.82, 2.24) is 10.6 Å². The van der Waals surface area contributed by atoms with Gasteiger partial charge in [0.05, 0.1) is 5.92 Å². The van der Waals surface area contributed by atoms with E-state index in [4.69, 9.17) is 9.84 Å². The van der Waals surface area contributed by atoms with Crippen molar-refractivity contribution >= 4 is 12.0 Å². The fraction of sp³-hybridized carbons (Fsp3) is 0.833. The molecule has 0 aromatic rings. The highest BCUT2D eigenvalue weighted by Gasteiger charge is 2.33. The van der Waals surface area contributed by atoms with Gasteiger partial charge in [-0.05, 0) is 26.2 Å². The molecule has 6 heteroatoms. The van der Waals surface area contributed by atoms with Gasteiger partial charge in [0.25, 0.3) is 0 Å². The zero-order valence-electron chi connectivity index (χ0n) is 10.8. The van der Waals surface area contributed by atoms with Crippen LogP contribution in [0.3, 0.4) is 0 Å². The van der Waals surface area contributed by atoms with Crippen molar-refractivity contribution in [2.75, 3.05) is 19.8 Å². The number of nitrogens with one attached hydrogen (secondary N) is 2. The second kappa shape index (κ2) is 7.92. The zero-order chi connectivity index (χ0) is 13.4. The third-order valence-electron chi connectivity index (χ3n) is 3.10. The minimum Gasteiger partial charge on any atom is -0.481 e. The Labute approximate surface area is 107 Å². The van der Waals surface area contributed by atoms with E-state index in [1.165, 1.54) is 0 Å². The highest BCUT2D eigenvalue weighted by Crippen LogP contribution is 2.25. The number of urea groups is 1. The molecule has 1 aliphatic carbocycles. The van der Waals surface area contributed by atoms with Gasteiger partial charge in [0.2, 0.25) is 0 Å². The van der Waals surface area contributed by atoms with E-state index >= 15 is 0 Å². The number of carbonyl (C=O) groups excluding carboxylic acids is 1. The van der Waals surface area contributed by atoms with Gasteiger partial charge in [0.1, 0.15) is 0 Å². The van der Waals surface area contributed by atoms with Crippen molar-refractivity contribution in [2.24, 2.45) is 5.92 Å². The molecule has 104 valence electrons. The molecule has 0 saturated heterocycles. The Morgan fingerprint density at radius 1 is 1.39 bits per heavy atom. The maximum absolute atomic E-state index is 11.5. The Kier molecular flexibility index (Phi) is 6.49. The number of carbonyl (C=O) groups is 2. The number of aliphatic carboxylic acids is 1. The summed E-state index contributed by atoms with van der Waals surface area (Å²) in [5.74, 6) is -1.27. The number of amides is 2. The Morgan fingerprint density at radius 3 is 2.83 bits per heavy atom. The van der Waals surface area contributed by atoms with Crippen molar-refractivity contribution in [3.8, 4) is 0 Å². The molecule has 3 N–H and O–H groups in total. The molecular weight excluding hydrogens is 236 g/mol. The third kappa shape index (κ3) is 4.91. The first-order chi connectivity index (χ1) is 8.65. The topological polar surface area (TPSA) is 87.7 Å². The molecule has 1 saturated carbocycles. The van der Waals surface area contributed by atoms with E-state index in [0.29, 0.717) is 26.2 Å². The number of hydrogen-bond donors (Lipinski definition) is 3. The number of rotatable bonds is 7. The number of carboxylic acid groups (broad SMARTS) is 1. The van der Waals surface area contributed by atoms with Crippen LogP contribution in [0, 0.1) is 5.92 Å². The summed E-state index contributed by atoms with van der Waals surface area (Å²) in [5.41, 5.74) is 0. The summed E-state index contributed by atoms with van der Waals surface area (Å²) in [4.78, 5) is 22.5. The highest BCUT2D eigenvalue weighted by atomic mass is 16.5. The lowest BCUT2D eigenvalue weighted by molar-refractivity contribution is -0.142. The Hall–Kier alpha value is -1.30. The lowest BCUT2D eigenvalue weighted by atomic mass is 10.0. The number of hydrogen-bond acceptors (Lipinski definition) is 3. The Bertz CT molecular complexity index is 283. The second-order valence-electron chi connectivity index (χ2n) is 4.43. The minimum absolute atomic E-state index is 0.241. The van der Waals surface area contributed by atoms with Gasteiger partial charge in [0.15, 0.2) is 0 Å². The molecule has 0 spiro atoms. The van der Waals surface area contributed by atoms with Crippen LogP contribution in [0.25, 0.3) is 0 Å². The van der Waals surface area contributed by atoms with E-state index < -0.39 is 11.9 Å². The van der Waals surface area contributed by atoms with Gasteiger partial charge < -0.3 is 20.5 Å². The molecule has 18 heavy (non-hydrogen) atoms. The Morgan fingerprint density at radius 2 is 2.17 bits per heavy atom. The SMILES string of the molecule is CCOCCCNC(=O)NC1CCCC1C(=O)O. The first-order valence-corrected chi connectivity index (χ1v) is 6.50. The Balaban J connectivity index is 2.17. The zero-order valence-corrected chi connectivity index (χ0v) is 10.8. The molecule has 1 rings (SSSR count). The van der Waals surface area contributed by atoms with Crippen LogP contribution in [-0.4, -0.2) is 42.9 Å². The summed E-state index contributed by atoms with van der Waals surface area (Å²) in [5, 5.41) is 14.4.